The summed E-state index contributed by atoms with van der Waals surface area (Å²) in [6, 6.07) is 0. The maximum absolute atomic E-state index is 5.32. The lowest BCUT2D eigenvalue weighted by molar-refractivity contribution is 0.152. The number of nitrogens with one attached hydrogen (secondary N) is 2. The van der Waals surface area contributed by atoms with Gasteiger partial charge in [0, 0.05) is 26.2 Å². The van der Waals surface area contributed by atoms with Crippen molar-refractivity contribution in [3.63, 3.8) is 0 Å². The van der Waals surface area contributed by atoms with E-state index in [9.17, 15) is 0 Å². The van der Waals surface area contributed by atoms with Gasteiger partial charge in [0.05, 0.1) is 13.2 Å². The van der Waals surface area contributed by atoms with Crippen LogP contribution < -0.4 is 10.6 Å². The molecule has 1 aliphatic heterocycles. The second-order valence-corrected chi connectivity index (χ2v) is 5.14. The highest BCUT2D eigenvalue weighted by molar-refractivity contribution is 14.0. The molecule has 0 radical (unpaired) electrons. The lowest BCUT2D eigenvalue weighted by Crippen LogP contribution is -2.39. The minimum atomic E-state index is 0. The molecule has 0 bridgehead atoms. The Balaban J connectivity index is 0.00000400. The molecule has 0 saturated carbocycles. The lowest BCUT2D eigenvalue weighted by Gasteiger charge is -2.18. The summed E-state index contributed by atoms with van der Waals surface area (Å²) in [7, 11) is 0. The third-order valence-corrected chi connectivity index (χ3v) is 3.47. The Hall–Kier alpha value is -0.0800. The molecule has 0 aromatic rings. The predicted octanol–water partition coefficient (Wildman–Crippen LogP) is 2.07. The number of aliphatic imine (C=N–C) groups is 1. The van der Waals surface area contributed by atoms with Crippen molar-refractivity contribution in [3.8, 4) is 0 Å². The molecule has 0 spiro atoms. The van der Waals surface area contributed by atoms with Gasteiger partial charge in [-0.3, -0.25) is 4.99 Å². The number of ether oxygens (including phenoxy) is 1. The Kier molecular flexibility index (Phi) is 14.8. The quantitative estimate of drug-likeness (QED) is 0.277. The zero-order valence-electron chi connectivity index (χ0n) is 13.7. The van der Waals surface area contributed by atoms with E-state index in [1.54, 1.807) is 0 Å². The van der Waals surface area contributed by atoms with Crippen molar-refractivity contribution in [1.29, 1.82) is 0 Å². The molecule has 0 atom stereocenters. The summed E-state index contributed by atoms with van der Waals surface area (Å²) in [5, 5.41) is 6.58. The number of rotatable bonds is 8. The summed E-state index contributed by atoms with van der Waals surface area (Å²) in [5.74, 6) is 0.905. The van der Waals surface area contributed by atoms with Crippen LogP contribution in [0.1, 0.15) is 39.5 Å². The zero-order valence-corrected chi connectivity index (χ0v) is 16.0. The van der Waals surface area contributed by atoms with Crippen LogP contribution in [0.4, 0.5) is 0 Å². The molecule has 0 aromatic carbocycles. The Morgan fingerprint density at radius 1 is 1.10 bits per heavy atom. The van der Waals surface area contributed by atoms with Gasteiger partial charge in [-0.1, -0.05) is 12.8 Å². The topological polar surface area (TPSA) is 48.9 Å². The fourth-order valence-electron chi connectivity index (χ4n) is 2.39. The van der Waals surface area contributed by atoms with E-state index in [0.29, 0.717) is 0 Å². The van der Waals surface area contributed by atoms with Gasteiger partial charge in [-0.25, -0.2) is 0 Å². The molecule has 0 aliphatic carbocycles. The van der Waals surface area contributed by atoms with Crippen molar-refractivity contribution < 1.29 is 4.74 Å². The summed E-state index contributed by atoms with van der Waals surface area (Å²) < 4.78 is 5.32. The third-order valence-electron chi connectivity index (χ3n) is 3.47. The van der Waals surface area contributed by atoms with Gasteiger partial charge in [-0.2, -0.15) is 0 Å². The van der Waals surface area contributed by atoms with E-state index < -0.39 is 0 Å². The first-order chi connectivity index (χ1) is 9.86. The molecular formula is C15H33IN4O. The smallest absolute Gasteiger partial charge is 0.191 e. The number of halogens is 1. The van der Waals surface area contributed by atoms with Crippen LogP contribution in [0.15, 0.2) is 4.99 Å². The van der Waals surface area contributed by atoms with E-state index in [0.717, 1.165) is 45.4 Å². The van der Waals surface area contributed by atoms with Crippen molar-refractivity contribution in [2.75, 3.05) is 52.5 Å². The average Bonchev–Trinajstić information content (AvgIpc) is 2.72. The summed E-state index contributed by atoms with van der Waals surface area (Å²) in [6.45, 7) is 11.7. The van der Waals surface area contributed by atoms with Crippen molar-refractivity contribution in [1.82, 2.24) is 15.5 Å². The largest absolute Gasteiger partial charge is 0.380 e. The molecule has 1 heterocycles. The first-order valence-electron chi connectivity index (χ1n) is 8.19. The SMILES string of the molecule is CCNC(=NCCN1CCCCCC1)NCCOCC.I. The van der Waals surface area contributed by atoms with Crippen molar-refractivity contribution >= 4 is 29.9 Å². The second kappa shape index (κ2) is 14.8. The van der Waals surface area contributed by atoms with Gasteiger partial charge < -0.3 is 20.3 Å². The van der Waals surface area contributed by atoms with Crippen LogP contribution in [0.2, 0.25) is 0 Å². The molecule has 1 aliphatic rings. The van der Waals surface area contributed by atoms with Crippen LogP contribution in [0.25, 0.3) is 0 Å². The number of hydrogen-bond acceptors (Lipinski definition) is 3. The van der Waals surface area contributed by atoms with Gasteiger partial charge in [-0.05, 0) is 39.8 Å². The van der Waals surface area contributed by atoms with Gasteiger partial charge in [-0.15, -0.1) is 24.0 Å². The molecule has 1 saturated heterocycles. The van der Waals surface area contributed by atoms with Gasteiger partial charge in [0.2, 0.25) is 0 Å². The highest BCUT2D eigenvalue weighted by atomic mass is 127. The molecule has 6 heteroatoms. The van der Waals surface area contributed by atoms with Gasteiger partial charge in [0.25, 0.3) is 0 Å². The van der Waals surface area contributed by atoms with E-state index in [1.165, 1.54) is 38.8 Å². The normalized spacial score (nSPS) is 17.0. The Bertz CT molecular complexity index is 256. The molecule has 126 valence electrons. The van der Waals surface area contributed by atoms with E-state index in [-0.39, 0.29) is 24.0 Å². The summed E-state index contributed by atoms with van der Waals surface area (Å²) in [5.41, 5.74) is 0. The minimum Gasteiger partial charge on any atom is -0.380 e. The zero-order chi connectivity index (χ0) is 14.5. The number of hydrogen-bond donors (Lipinski definition) is 2. The van der Waals surface area contributed by atoms with E-state index in [1.807, 2.05) is 6.92 Å². The van der Waals surface area contributed by atoms with Crippen LogP contribution in [0, 0.1) is 0 Å². The summed E-state index contributed by atoms with van der Waals surface area (Å²) >= 11 is 0. The van der Waals surface area contributed by atoms with Gasteiger partial charge in [0.1, 0.15) is 0 Å². The van der Waals surface area contributed by atoms with Crippen molar-refractivity contribution in [2.45, 2.75) is 39.5 Å². The van der Waals surface area contributed by atoms with Gasteiger partial charge >= 0.3 is 0 Å². The van der Waals surface area contributed by atoms with Crippen LogP contribution >= 0.6 is 24.0 Å². The minimum absolute atomic E-state index is 0. The maximum Gasteiger partial charge on any atom is 0.191 e. The first-order valence-corrected chi connectivity index (χ1v) is 8.19. The molecule has 21 heavy (non-hydrogen) atoms. The van der Waals surface area contributed by atoms with E-state index in [4.69, 9.17) is 4.74 Å². The highest BCUT2D eigenvalue weighted by Crippen LogP contribution is 2.08. The molecule has 0 unspecified atom stereocenters. The average molecular weight is 412 g/mol. The molecule has 5 nitrogen and oxygen atoms in total. The molecule has 2 N–H and O–H groups in total. The van der Waals surface area contributed by atoms with Crippen LogP contribution in [-0.4, -0.2) is 63.3 Å². The molecule has 1 fully saturated rings. The van der Waals surface area contributed by atoms with E-state index in [2.05, 4.69) is 27.4 Å². The molecule has 1 rings (SSSR count). The van der Waals surface area contributed by atoms with Gasteiger partial charge in [0.15, 0.2) is 5.96 Å². The monoisotopic (exact) mass is 412 g/mol. The van der Waals surface area contributed by atoms with E-state index >= 15 is 0 Å². The number of nitrogens with zero attached hydrogens (tertiary/aromatic N) is 2. The first kappa shape index (κ1) is 20.9. The number of likely N-dealkylation sites (tertiary alicyclic amines) is 1. The van der Waals surface area contributed by atoms with Crippen LogP contribution in [-0.2, 0) is 4.74 Å². The second-order valence-electron chi connectivity index (χ2n) is 5.14. The predicted molar refractivity (Wildman–Crippen MR) is 101 cm³/mol. The Labute approximate surface area is 147 Å². The third kappa shape index (κ3) is 11.2. The van der Waals surface area contributed by atoms with Crippen LogP contribution in [0.5, 0.6) is 0 Å². The Morgan fingerprint density at radius 3 is 2.43 bits per heavy atom. The fourth-order valence-corrected chi connectivity index (χ4v) is 2.39. The molecular weight excluding hydrogens is 379 g/mol. The molecule has 0 amide bonds. The van der Waals surface area contributed by atoms with Crippen molar-refractivity contribution in [2.24, 2.45) is 4.99 Å². The number of guanidine groups is 1. The Morgan fingerprint density at radius 2 is 1.81 bits per heavy atom. The molecule has 0 aromatic heterocycles. The highest BCUT2D eigenvalue weighted by Gasteiger charge is 2.07. The lowest BCUT2D eigenvalue weighted by atomic mass is 10.2. The summed E-state index contributed by atoms with van der Waals surface area (Å²) in [6.07, 6.45) is 5.47. The maximum atomic E-state index is 5.32. The standard InChI is InChI=1S/C15H32N4O.HI/c1-3-16-15(18-10-14-20-4-2)17-9-13-19-11-7-5-6-8-12-19;/h3-14H2,1-2H3,(H2,16,17,18);1H. The summed E-state index contributed by atoms with van der Waals surface area (Å²) in [4.78, 5) is 7.17. The van der Waals surface area contributed by atoms with Crippen molar-refractivity contribution in [3.05, 3.63) is 0 Å². The fraction of sp³-hybridized carbons (Fsp3) is 0.933. The van der Waals surface area contributed by atoms with Crippen LogP contribution in [0.3, 0.4) is 0 Å².